The molecule has 1 atom stereocenters. The van der Waals surface area contributed by atoms with E-state index in [1.807, 2.05) is 70.2 Å². The van der Waals surface area contributed by atoms with E-state index in [2.05, 4.69) is 6.07 Å². The third kappa shape index (κ3) is 5.43. The lowest BCUT2D eigenvalue weighted by Gasteiger charge is -2.44. The molecule has 6 rings (SSSR count). The van der Waals surface area contributed by atoms with Crippen LogP contribution in [0, 0.1) is 6.92 Å². The summed E-state index contributed by atoms with van der Waals surface area (Å²) in [5, 5.41) is 0. The third-order valence-electron chi connectivity index (χ3n) is 8.52. The molecule has 0 aromatic heterocycles. The van der Waals surface area contributed by atoms with Gasteiger partial charge in [-0.25, -0.2) is 4.79 Å². The van der Waals surface area contributed by atoms with Crippen LogP contribution in [0.15, 0.2) is 48.5 Å². The maximum Gasteiger partial charge on any atom is 0.339 e. The van der Waals surface area contributed by atoms with Gasteiger partial charge < -0.3 is 14.2 Å². The highest BCUT2D eigenvalue weighted by Gasteiger charge is 2.44. The number of anilines is 1. The number of aryl methyl sites for hydroxylation is 1. The molecule has 0 aliphatic carbocycles. The van der Waals surface area contributed by atoms with Crippen molar-refractivity contribution in [2.75, 3.05) is 24.6 Å². The van der Waals surface area contributed by atoms with Crippen molar-refractivity contribution in [3.63, 3.8) is 0 Å². The molecule has 0 fully saturated rings. The van der Waals surface area contributed by atoms with Crippen molar-refractivity contribution in [2.45, 2.75) is 78.2 Å². The van der Waals surface area contributed by atoms with Crippen LogP contribution in [0.3, 0.4) is 0 Å². The highest BCUT2D eigenvalue weighted by molar-refractivity contribution is 7.90. The fraction of sp³-hybridized carbons (Fsp3) is 0.441. The minimum Gasteiger partial charge on any atom is -0.493 e. The van der Waals surface area contributed by atoms with E-state index in [4.69, 9.17) is 14.2 Å². The molecule has 3 aromatic carbocycles. The largest absolute Gasteiger partial charge is 0.493 e. The first-order valence-electron chi connectivity index (χ1n) is 15.0. The molecule has 0 spiro atoms. The summed E-state index contributed by atoms with van der Waals surface area (Å²) < 4.78 is 49.1. The van der Waals surface area contributed by atoms with E-state index in [0.717, 1.165) is 57.5 Å². The maximum atomic E-state index is 14.1. The number of nitrogens with zero attached hydrogens (tertiary/aromatic N) is 2. The van der Waals surface area contributed by atoms with E-state index in [0.29, 0.717) is 37.2 Å². The molecule has 0 bridgehead atoms. The summed E-state index contributed by atoms with van der Waals surface area (Å²) in [6.07, 6.45) is 2.07. The minimum absolute atomic E-state index is 0.242. The first kappa shape index (κ1) is 29.7. The molecular formula is C34H40N2O6S. The average molecular weight is 605 g/mol. The van der Waals surface area contributed by atoms with Gasteiger partial charge in [0.15, 0.2) is 6.10 Å². The molecule has 0 N–H and O–H groups in total. The number of rotatable bonds is 6. The molecule has 1 unspecified atom stereocenters. The summed E-state index contributed by atoms with van der Waals surface area (Å²) in [5.74, 6) is 0.379. The molecule has 0 saturated carbocycles. The number of fused-ring (bicyclic) bond motifs is 1. The van der Waals surface area contributed by atoms with Crippen LogP contribution in [0.25, 0.3) is 11.1 Å². The lowest BCUT2D eigenvalue weighted by Crippen LogP contribution is -2.50. The Hall–Kier alpha value is -3.40. The van der Waals surface area contributed by atoms with Gasteiger partial charge in [-0.1, -0.05) is 36.4 Å². The Bertz CT molecular complexity index is 1660. The van der Waals surface area contributed by atoms with Crippen LogP contribution >= 0.6 is 0 Å². The van der Waals surface area contributed by atoms with Gasteiger partial charge in [-0.2, -0.15) is 12.7 Å². The van der Waals surface area contributed by atoms with Gasteiger partial charge in [-0.05, 0) is 104 Å². The van der Waals surface area contributed by atoms with Gasteiger partial charge in [0.05, 0.1) is 25.0 Å². The number of carbonyl (C=O) groups excluding carboxylic acids is 1. The van der Waals surface area contributed by atoms with Crippen molar-refractivity contribution in [1.29, 1.82) is 0 Å². The van der Waals surface area contributed by atoms with Gasteiger partial charge >= 0.3 is 16.2 Å². The van der Waals surface area contributed by atoms with Crippen LogP contribution < -0.4 is 9.04 Å². The van der Waals surface area contributed by atoms with Gasteiger partial charge in [0.25, 0.3) is 0 Å². The Morgan fingerprint density at radius 1 is 1.05 bits per heavy atom. The molecule has 0 saturated heterocycles. The molecule has 43 heavy (non-hydrogen) atoms. The second kappa shape index (κ2) is 11.3. The molecule has 0 amide bonds. The molecule has 8 nitrogen and oxygen atoms in total. The Morgan fingerprint density at radius 3 is 2.53 bits per heavy atom. The maximum absolute atomic E-state index is 14.1. The van der Waals surface area contributed by atoms with Gasteiger partial charge in [0.2, 0.25) is 0 Å². The summed E-state index contributed by atoms with van der Waals surface area (Å²) in [6.45, 7) is 9.37. The number of esters is 1. The highest BCUT2D eigenvalue weighted by atomic mass is 32.2. The zero-order valence-electron chi connectivity index (χ0n) is 25.6. The minimum atomic E-state index is -3.81. The van der Waals surface area contributed by atoms with Gasteiger partial charge in [-0.3, -0.25) is 4.31 Å². The van der Waals surface area contributed by atoms with Crippen molar-refractivity contribution < 1.29 is 27.4 Å². The Balaban J connectivity index is 1.62. The Morgan fingerprint density at radius 2 is 1.81 bits per heavy atom. The zero-order chi connectivity index (χ0) is 30.5. The zero-order valence-corrected chi connectivity index (χ0v) is 26.4. The van der Waals surface area contributed by atoms with E-state index < -0.39 is 27.9 Å². The molecule has 228 valence electrons. The molecule has 3 aliphatic heterocycles. The van der Waals surface area contributed by atoms with Gasteiger partial charge in [0, 0.05) is 25.2 Å². The smallest absolute Gasteiger partial charge is 0.339 e. The Labute approximate surface area is 254 Å². The van der Waals surface area contributed by atoms with Gasteiger partial charge in [-0.15, -0.1) is 0 Å². The average Bonchev–Trinajstić information content (AvgIpc) is 2.99. The van der Waals surface area contributed by atoms with E-state index in [-0.39, 0.29) is 13.1 Å². The molecule has 3 aromatic rings. The van der Waals surface area contributed by atoms with Crippen molar-refractivity contribution >= 4 is 21.9 Å². The SMILES string of the molecule is COC(=O)C(OC(C)(C)C)c1c2c3c(c(C)c1-c1ccc4c(c1)CCCO4)CN(Cc1ccccc1)S(=O)(=O)N3CCC2. The lowest BCUT2D eigenvalue weighted by atomic mass is 9.80. The first-order chi connectivity index (χ1) is 20.5. The van der Waals surface area contributed by atoms with Gasteiger partial charge in [0.1, 0.15) is 5.75 Å². The van der Waals surface area contributed by atoms with E-state index in [9.17, 15) is 13.2 Å². The van der Waals surface area contributed by atoms with E-state index >= 15 is 0 Å². The molecule has 3 heterocycles. The monoisotopic (exact) mass is 604 g/mol. The molecule has 3 aliphatic rings. The molecule has 9 heteroatoms. The number of hydrogen-bond donors (Lipinski definition) is 0. The third-order valence-corrected chi connectivity index (χ3v) is 10.4. The normalized spacial score (nSPS) is 18.3. The predicted octanol–water partition coefficient (Wildman–Crippen LogP) is 6.03. The fourth-order valence-electron chi connectivity index (χ4n) is 6.67. The van der Waals surface area contributed by atoms with Crippen molar-refractivity contribution in [2.24, 2.45) is 0 Å². The summed E-state index contributed by atoms with van der Waals surface area (Å²) in [4.78, 5) is 13.5. The predicted molar refractivity (Wildman–Crippen MR) is 166 cm³/mol. The number of benzene rings is 3. The number of carbonyl (C=O) groups is 1. The quantitative estimate of drug-likeness (QED) is 0.320. The summed E-state index contributed by atoms with van der Waals surface area (Å²) in [6, 6.07) is 15.9. The number of ether oxygens (including phenoxy) is 3. The second-order valence-electron chi connectivity index (χ2n) is 12.6. The van der Waals surface area contributed by atoms with Crippen LogP contribution in [0.5, 0.6) is 5.75 Å². The van der Waals surface area contributed by atoms with Crippen molar-refractivity contribution in [3.8, 4) is 16.9 Å². The second-order valence-corrected chi connectivity index (χ2v) is 14.4. The molecular weight excluding hydrogens is 564 g/mol. The van der Waals surface area contributed by atoms with Crippen LogP contribution in [0.4, 0.5) is 5.69 Å². The van der Waals surface area contributed by atoms with Crippen molar-refractivity contribution in [3.05, 3.63) is 81.9 Å². The standard InChI is InChI=1S/C34H40N2O6S/c1-22-27-21-35(20-23-11-7-6-8-12-23)43(38,39)36-17-9-14-26(31(27)36)30(32(33(37)40-5)42-34(2,3)4)29(22)25-15-16-28-24(19-25)13-10-18-41-28/h6-8,11-12,15-16,19,32H,9-10,13-14,17-18,20-21H2,1-5H3. The fourth-order valence-corrected chi connectivity index (χ4v) is 8.36. The highest BCUT2D eigenvalue weighted by Crippen LogP contribution is 2.50. The molecule has 0 radical (unpaired) electrons. The topological polar surface area (TPSA) is 85.4 Å². The first-order valence-corrected chi connectivity index (χ1v) is 16.4. The van der Waals surface area contributed by atoms with E-state index in [1.165, 1.54) is 7.11 Å². The lowest BCUT2D eigenvalue weighted by molar-refractivity contribution is -0.164. The van der Waals surface area contributed by atoms with Crippen molar-refractivity contribution in [1.82, 2.24) is 4.31 Å². The summed E-state index contributed by atoms with van der Waals surface area (Å²) in [5.41, 5.74) is 7.41. The number of hydrogen-bond acceptors (Lipinski definition) is 6. The number of methoxy groups -OCH3 is 1. The van der Waals surface area contributed by atoms with Crippen LogP contribution in [-0.4, -0.2) is 44.6 Å². The van der Waals surface area contributed by atoms with Crippen LogP contribution in [-0.2, 0) is 50.4 Å². The summed E-state index contributed by atoms with van der Waals surface area (Å²) in [7, 11) is -2.45. The van der Waals surface area contributed by atoms with E-state index in [1.54, 1.807) is 8.61 Å². The van der Waals surface area contributed by atoms with Crippen LogP contribution in [0.1, 0.15) is 73.1 Å². The Kier molecular flexibility index (Phi) is 7.77. The summed E-state index contributed by atoms with van der Waals surface area (Å²) >= 11 is 0. The van der Waals surface area contributed by atoms with Crippen LogP contribution in [0.2, 0.25) is 0 Å².